The Morgan fingerprint density at radius 3 is 2.55 bits per heavy atom. The number of hydrogen-bond acceptors (Lipinski definition) is 6. The molecule has 1 aliphatic carbocycles. The minimum atomic E-state index is -4.09. The van der Waals surface area contributed by atoms with Crippen molar-refractivity contribution in [2.24, 2.45) is 0 Å². The molecule has 0 saturated heterocycles. The molecule has 0 unspecified atom stereocenters. The average molecular weight is 419 g/mol. The second-order valence-electron chi connectivity index (χ2n) is 6.84. The van der Waals surface area contributed by atoms with Crippen molar-refractivity contribution in [3.63, 3.8) is 0 Å². The lowest BCUT2D eigenvalue weighted by molar-refractivity contribution is -0.385. The maximum absolute atomic E-state index is 12.4. The Morgan fingerprint density at radius 1 is 1.14 bits per heavy atom. The van der Waals surface area contributed by atoms with Crippen LogP contribution >= 0.6 is 0 Å². The predicted octanol–water partition coefficient (Wildman–Crippen LogP) is 2.09. The van der Waals surface area contributed by atoms with E-state index < -0.39 is 20.9 Å². The topological polar surface area (TPSA) is 128 Å². The summed E-state index contributed by atoms with van der Waals surface area (Å²) in [7, 11) is -4.09. The minimum Gasteiger partial charge on any atom is -0.483 e. The molecular weight excluding hydrogens is 398 g/mol. The number of ether oxygens (including phenoxy) is 1. The molecule has 0 aromatic heterocycles. The highest BCUT2D eigenvalue weighted by atomic mass is 32.2. The number of rotatable bonds is 7. The molecule has 0 spiro atoms. The molecular formula is C19H21N3O6S. The number of nitro groups is 1. The van der Waals surface area contributed by atoms with Crippen molar-refractivity contribution >= 4 is 21.6 Å². The highest BCUT2D eigenvalue weighted by Gasteiger charge is 2.21. The van der Waals surface area contributed by atoms with Crippen LogP contribution in [0, 0.1) is 24.0 Å². The molecule has 0 atom stereocenters. The molecule has 29 heavy (non-hydrogen) atoms. The van der Waals surface area contributed by atoms with E-state index in [2.05, 4.69) is 5.43 Å². The molecule has 9 nitrogen and oxygen atoms in total. The Balaban J connectivity index is 1.61. The highest BCUT2D eigenvalue weighted by molar-refractivity contribution is 7.89. The fraction of sp³-hybridized carbons (Fsp3) is 0.316. The fourth-order valence-corrected chi connectivity index (χ4v) is 4.48. The summed E-state index contributed by atoms with van der Waals surface area (Å²) in [6.45, 7) is 3.12. The van der Waals surface area contributed by atoms with Gasteiger partial charge in [-0.2, -0.15) is 0 Å². The lowest BCUT2D eigenvalue weighted by Crippen LogP contribution is -2.43. The molecule has 0 fully saturated rings. The van der Waals surface area contributed by atoms with Crippen LogP contribution in [0.1, 0.15) is 28.7 Å². The van der Waals surface area contributed by atoms with Crippen molar-refractivity contribution in [1.82, 2.24) is 10.3 Å². The van der Waals surface area contributed by atoms with Gasteiger partial charge in [-0.15, -0.1) is 4.83 Å². The number of nitro benzene ring substituents is 1. The van der Waals surface area contributed by atoms with Crippen LogP contribution < -0.4 is 15.0 Å². The molecule has 2 aromatic rings. The van der Waals surface area contributed by atoms with Crippen molar-refractivity contribution in [1.29, 1.82) is 0 Å². The van der Waals surface area contributed by atoms with Gasteiger partial charge in [0.05, 0.1) is 9.82 Å². The first-order valence-corrected chi connectivity index (χ1v) is 10.5. The lowest BCUT2D eigenvalue weighted by Gasteiger charge is -2.13. The van der Waals surface area contributed by atoms with Gasteiger partial charge in [-0.05, 0) is 67.5 Å². The molecule has 1 aliphatic rings. The fourth-order valence-electron chi connectivity index (χ4n) is 3.40. The zero-order chi connectivity index (χ0) is 21.2. The van der Waals surface area contributed by atoms with Crippen molar-refractivity contribution < 1.29 is 22.9 Å². The Bertz CT molecular complexity index is 1080. The quantitative estimate of drug-likeness (QED) is 0.522. The van der Waals surface area contributed by atoms with Gasteiger partial charge in [0.15, 0.2) is 6.61 Å². The van der Waals surface area contributed by atoms with Crippen molar-refractivity contribution in [3.8, 4) is 5.75 Å². The van der Waals surface area contributed by atoms with Crippen LogP contribution in [-0.4, -0.2) is 25.9 Å². The first kappa shape index (κ1) is 20.7. The summed E-state index contributed by atoms with van der Waals surface area (Å²) in [6, 6.07) is 7.12. The molecule has 0 radical (unpaired) electrons. The van der Waals surface area contributed by atoms with Gasteiger partial charge in [0.1, 0.15) is 5.75 Å². The predicted molar refractivity (Wildman–Crippen MR) is 105 cm³/mol. The van der Waals surface area contributed by atoms with E-state index in [-0.39, 0.29) is 22.8 Å². The monoisotopic (exact) mass is 419 g/mol. The van der Waals surface area contributed by atoms with Crippen LogP contribution in [0.4, 0.5) is 5.69 Å². The van der Waals surface area contributed by atoms with Crippen LogP contribution in [0.2, 0.25) is 0 Å². The summed E-state index contributed by atoms with van der Waals surface area (Å²) in [5.74, 6) is -0.0345. The van der Waals surface area contributed by atoms with E-state index >= 15 is 0 Å². The summed E-state index contributed by atoms with van der Waals surface area (Å²) in [5, 5.41) is 10.8. The molecule has 0 heterocycles. The van der Waals surface area contributed by atoms with Gasteiger partial charge < -0.3 is 4.74 Å². The van der Waals surface area contributed by atoms with E-state index in [1.54, 1.807) is 0 Å². The van der Waals surface area contributed by atoms with E-state index in [9.17, 15) is 23.3 Å². The summed E-state index contributed by atoms with van der Waals surface area (Å²) in [4.78, 5) is 24.0. The largest absolute Gasteiger partial charge is 0.483 e. The second kappa shape index (κ2) is 8.18. The Kier molecular flexibility index (Phi) is 5.85. The molecule has 2 N–H and O–H groups in total. The van der Waals surface area contributed by atoms with Gasteiger partial charge in [0.25, 0.3) is 21.6 Å². The highest BCUT2D eigenvalue weighted by Crippen LogP contribution is 2.32. The van der Waals surface area contributed by atoms with Crippen LogP contribution in [0.15, 0.2) is 35.2 Å². The van der Waals surface area contributed by atoms with E-state index in [1.807, 2.05) is 23.9 Å². The maximum atomic E-state index is 12.4. The first-order valence-electron chi connectivity index (χ1n) is 8.99. The summed E-state index contributed by atoms with van der Waals surface area (Å²) >= 11 is 0. The number of carbonyl (C=O) groups is 1. The number of fused-ring (bicyclic) bond motifs is 1. The Hall–Kier alpha value is -2.98. The van der Waals surface area contributed by atoms with Gasteiger partial charge in [-0.1, -0.05) is 6.07 Å². The molecule has 154 valence electrons. The van der Waals surface area contributed by atoms with Crippen molar-refractivity contribution in [3.05, 3.63) is 62.7 Å². The SMILES string of the molecule is Cc1cc([N+](=O)[O-])ccc1S(=O)(=O)NNC(=O)COc1ccc(C)c2c1CCC2. The maximum Gasteiger partial charge on any atom is 0.272 e. The zero-order valence-electron chi connectivity index (χ0n) is 16.0. The molecule has 0 aliphatic heterocycles. The number of nitrogens with one attached hydrogen (secondary N) is 2. The molecule has 0 bridgehead atoms. The number of hydrazine groups is 1. The third-order valence-corrected chi connectivity index (χ3v) is 6.23. The molecule has 1 amide bonds. The van der Waals surface area contributed by atoms with Crippen molar-refractivity contribution in [2.75, 3.05) is 6.61 Å². The minimum absolute atomic E-state index is 0.166. The van der Waals surface area contributed by atoms with Gasteiger partial charge in [-0.25, -0.2) is 8.42 Å². The van der Waals surface area contributed by atoms with E-state index in [4.69, 9.17) is 4.74 Å². The Morgan fingerprint density at radius 2 is 1.86 bits per heavy atom. The van der Waals surface area contributed by atoms with Crippen LogP contribution in [0.3, 0.4) is 0 Å². The molecule has 10 heteroatoms. The number of hydrogen-bond donors (Lipinski definition) is 2. The van der Waals surface area contributed by atoms with E-state index in [0.717, 1.165) is 43.0 Å². The van der Waals surface area contributed by atoms with E-state index in [0.29, 0.717) is 5.75 Å². The van der Waals surface area contributed by atoms with Gasteiger partial charge >= 0.3 is 0 Å². The number of non-ortho nitro benzene ring substituents is 1. The van der Waals surface area contributed by atoms with E-state index in [1.165, 1.54) is 18.1 Å². The Labute approximate surface area is 168 Å². The number of nitrogens with zero attached hydrogens (tertiary/aromatic N) is 1. The third-order valence-electron chi connectivity index (χ3n) is 4.82. The number of aryl methyl sites for hydroxylation is 2. The average Bonchev–Trinajstić information content (AvgIpc) is 3.16. The second-order valence-corrected chi connectivity index (χ2v) is 8.49. The van der Waals surface area contributed by atoms with Crippen LogP contribution in [0.25, 0.3) is 0 Å². The molecule has 3 rings (SSSR count). The standard InChI is InChI=1S/C19H21N3O6S/c1-12-6-8-17(16-5-3-4-15(12)16)28-11-19(23)20-21-29(26,27)18-9-7-14(22(24)25)10-13(18)2/h6-10,21H,3-5,11H2,1-2H3,(H,20,23). The number of carbonyl (C=O) groups excluding carboxylic acids is 1. The first-order chi connectivity index (χ1) is 13.7. The van der Waals surface area contributed by atoms with Crippen LogP contribution in [0.5, 0.6) is 5.75 Å². The molecule has 2 aromatic carbocycles. The zero-order valence-corrected chi connectivity index (χ0v) is 16.8. The number of sulfonamides is 1. The molecule has 0 saturated carbocycles. The van der Waals surface area contributed by atoms with Crippen LogP contribution in [-0.2, 0) is 27.7 Å². The van der Waals surface area contributed by atoms with Gasteiger partial charge in [0, 0.05) is 12.1 Å². The lowest BCUT2D eigenvalue weighted by atomic mass is 10.0. The number of amides is 1. The third kappa shape index (κ3) is 4.54. The van der Waals surface area contributed by atoms with Gasteiger partial charge in [0.2, 0.25) is 0 Å². The normalized spacial score (nSPS) is 13.0. The smallest absolute Gasteiger partial charge is 0.272 e. The number of benzene rings is 2. The summed E-state index contributed by atoms with van der Waals surface area (Å²) in [5.41, 5.74) is 5.61. The van der Waals surface area contributed by atoms with Gasteiger partial charge in [-0.3, -0.25) is 20.3 Å². The summed E-state index contributed by atoms with van der Waals surface area (Å²) < 4.78 is 30.3. The van der Waals surface area contributed by atoms with Crippen molar-refractivity contribution in [2.45, 2.75) is 38.0 Å². The summed E-state index contributed by atoms with van der Waals surface area (Å²) in [6.07, 6.45) is 2.91.